The first-order valence-electron chi connectivity index (χ1n) is 8.68. The minimum atomic E-state index is -0.0763. The van der Waals surface area contributed by atoms with Crippen LogP contribution >= 0.6 is 22.7 Å². The Morgan fingerprint density at radius 3 is 2.62 bits per heavy atom. The van der Waals surface area contributed by atoms with E-state index in [4.69, 9.17) is 4.99 Å². The summed E-state index contributed by atoms with van der Waals surface area (Å²) in [5.41, 5.74) is 2.45. The number of thiophene rings is 1. The van der Waals surface area contributed by atoms with Gasteiger partial charge in [-0.25, -0.2) is 4.98 Å². The molecule has 0 fully saturated rings. The van der Waals surface area contributed by atoms with Crippen molar-refractivity contribution in [2.75, 3.05) is 26.2 Å². The SMILES string of the molecule is CCNC(=NCC(C)(C)c1cccs1)NCCNC(=O)c1scnc1C. The third kappa shape index (κ3) is 5.81. The molecule has 3 N–H and O–H groups in total. The number of amides is 1. The number of aryl methyl sites for hydroxylation is 1. The fraction of sp³-hybridized carbons (Fsp3) is 0.500. The van der Waals surface area contributed by atoms with Gasteiger partial charge in [0, 0.05) is 29.9 Å². The Hall–Kier alpha value is -1.93. The maximum Gasteiger partial charge on any atom is 0.263 e. The predicted octanol–water partition coefficient (Wildman–Crippen LogP) is 2.78. The van der Waals surface area contributed by atoms with Crippen molar-refractivity contribution < 1.29 is 4.79 Å². The molecule has 2 aromatic heterocycles. The van der Waals surface area contributed by atoms with Crippen LogP contribution in [0.2, 0.25) is 0 Å². The molecule has 26 heavy (non-hydrogen) atoms. The van der Waals surface area contributed by atoms with Gasteiger partial charge in [-0.2, -0.15) is 0 Å². The number of rotatable bonds is 8. The van der Waals surface area contributed by atoms with Crippen molar-refractivity contribution in [3.05, 3.63) is 38.5 Å². The van der Waals surface area contributed by atoms with Crippen molar-refractivity contribution in [2.24, 2.45) is 4.99 Å². The summed E-state index contributed by atoms with van der Waals surface area (Å²) in [6, 6.07) is 4.22. The fourth-order valence-corrected chi connectivity index (χ4v) is 3.88. The molecule has 0 aliphatic heterocycles. The average Bonchev–Trinajstić information content (AvgIpc) is 3.28. The monoisotopic (exact) mass is 393 g/mol. The molecule has 0 aliphatic carbocycles. The molecule has 0 aromatic carbocycles. The summed E-state index contributed by atoms with van der Waals surface area (Å²) in [5.74, 6) is 0.688. The van der Waals surface area contributed by atoms with E-state index >= 15 is 0 Å². The van der Waals surface area contributed by atoms with Crippen molar-refractivity contribution >= 4 is 34.5 Å². The van der Waals surface area contributed by atoms with Crippen molar-refractivity contribution in [3.8, 4) is 0 Å². The Morgan fingerprint density at radius 1 is 1.23 bits per heavy atom. The number of nitrogens with one attached hydrogen (secondary N) is 3. The quantitative estimate of drug-likeness (QED) is 0.366. The Bertz CT molecular complexity index is 722. The third-order valence-corrected chi connectivity index (χ3v) is 5.98. The Kier molecular flexibility index (Phi) is 7.59. The van der Waals surface area contributed by atoms with Crippen LogP contribution < -0.4 is 16.0 Å². The lowest BCUT2D eigenvalue weighted by molar-refractivity contribution is 0.0957. The number of hydrogen-bond acceptors (Lipinski definition) is 5. The van der Waals surface area contributed by atoms with Gasteiger partial charge in [-0.3, -0.25) is 9.79 Å². The van der Waals surface area contributed by atoms with Crippen molar-refractivity contribution in [2.45, 2.75) is 33.1 Å². The predicted molar refractivity (Wildman–Crippen MR) is 111 cm³/mol. The Balaban J connectivity index is 1.82. The highest BCUT2D eigenvalue weighted by Crippen LogP contribution is 2.27. The van der Waals surface area contributed by atoms with Crippen LogP contribution in [0.25, 0.3) is 0 Å². The molecule has 2 heterocycles. The molecule has 142 valence electrons. The highest BCUT2D eigenvalue weighted by Gasteiger charge is 2.21. The van der Waals surface area contributed by atoms with Crippen molar-refractivity contribution in [1.82, 2.24) is 20.9 Å². The Labute approximate surface area is 163 Å². The molecule has 0 unspecified atom stereocenters. The summed E-state index contributed by atoms with van der Waals surface area (Å²) in [6.07, 6.45) is 0. The zero-order valence-corrected chi connectivity index (χ0v) is 17.4. The van der Waals surface area contributed by atoms with E-state index in [9.17, 15) is 4.79 Å². The van der Waals surface area contributed by atoms with Gasteiger partial charge in [0.05, 0.1) is 17.7 Å². The van der Waals surface area contributed by atoms with Gasteiger partial charge >= 0.3 is 0 Å². The van der Waals surface area contributed by atoms with Gasteiger partial charge in [0.15, 0.2) is 5.96 Å². The molecule has 0 bridgehead atoms. The van der Waals surface area contributed by atoms with E-state index in [1.165, 1.54) is 16.2 Å². The summed E-state index contributed by atoms with van der Waals surface area (Å²) >= 11 is 3.12. The van der Waals surface area contributed by atoms with Crippen LogP contribution in [0, 0.1) is 6.92 Å². The number of carbonyl (C=O) groups is 1. The molecule has 0 saturated heterocycles. The molecule has 2 rings (SSSR count). The van der Waals surface area contributed by atoms with Crippen LogP contribution in [0.1, 0.15) is 41.0 Å². The number of carbonyl (C=O) groups excluding carboxylic acids is 1. The first-order valence-corrected chi connectivity index (χ1v) is 10.4. The zero-order chi connectivity index (χ0) is 19.0. The van der Waals surface area contributed by atoms with Gasteiger partial charge in [0.2, 0.25) is 0 Å². The number of aliphatic imine (C=N–C) groups is 1. The number of hydrogen-bond donors (Lipinski definition) is 3. The average molecular weight is 394 g/mol. The first kappa shape index (κ1) is 20.4. The first-order chi connectivity index (χ1) is 12.4. The Morgan fingerprint density at radius 2 is 2.00 bits per heavy atom. The molecule has 8 heteroatoms. The van der Waals surface area contributed by atoms with E-state index < -0.39 is 0 Å². The van der Waals surface area contributed by atoms with Gasteiger partial charge in [-0.15, -0.1) is 22.7 Å². The number of guanidine groups is 1. The highest BCUT2D eigenvalue weighted by molar-refractivity contribution is 7.11. The summed E-state index contributed by atoms with van der Waals surface area (Å²) in [7, 11) is 0. The van der Waals surface area contributed by atoms with Gasteiger partial charge in [-0.1, -0.05) is 19.9 Å². The van der Waals surface area contributed by atoms with Crippen LogP contribution in [-0.4, -0.2) is 43.0 Å². The third-order valence-electron chi connectivity index (χ3n) is 3.82. The second-order valence-corrected chi connectivity index (χ2v) is 8.31. The molecule has 2 aromatic rings. The summed E-state index contributed by atoms with van der Waals surface area (Å²) in [4.78, 5) is 22.9. The van der Waals surface area contributed by atoms with Gasteiger partial charge in [0.25, 0.3) is 5.91 Å². The summed E-state index contributed by atoms with van der Waals surface area (Å²) < 4.78 is 0. The largest absolute Gasteiger partial charge is 0.357 e. The topological polar surface area (TPSA) is 78.4 Å². The maximum absolute atomic E-state index is 12.1. The summed E-state index contributed by atoms with van der Waals surface area (Å²) in [6.45, 7) is 10.9. The lowest BCUT2D eigenvalue weighted by Crippen LogP contribution is -2.42. The van der Waals surface area contributed by atoms with E-state index in [2.05, 4.69) is 52.3 Å². The number of aromatic nitrogens is 1. The highest BCUT2D eigenvalue weighted by atomic mass is 32.1. The van der Waals surface area contributed by atoms with Crippen LogP contribution in [0.5, 0.6) is 0 Å². The molecule has 0 spiro atoms. The molecule has 0 saturated carbocycles. The smallest absolute Gasteiger partial charge is 0.263 e. The van der Waals surface area contributed by atoms with Crippen LogP contribution in [0.15, 0.2) is 28.0 Å². The van der Waals surface area contributed by atoms with Crippen LogP contribution in [-0.2, 0) is 5.41 Å². The molecule has 6 nitrogen and oxygen atoms in total. The van der Waals surface area contributed by atoms with Gasteiger partial charge < -0.3 is 16.0 Å². The van der Waals surface area contributed by atoms with E-state index in [0.29, 0.717) is 24.5 Å². The minimum Gasteiger partial charge on any atom is -0.357 e. The molecule has 0 aliphatic rings. The van der Waals surface area contributed by atoms with E-state index in [1.54, 1.807) is 16.8 Å². The lowest BCUT2D eigenvalue weighted by atomic mass is 9.92. The molecular weight excluding hydrogens is 366 g/mol. The second-order valence-electron chi connectivity index (χ2n) is 6.51. The van der Waals surface area contributed by atoms with E-state index in [0.717, 1.165) is 18.2 Å². The minimum absolute atomic E-state index is 0.00552. The van der Waals surface area contributed by atoms with E-state index in [1.807, 2.05) is 13.8 Å². The second kappa shape index (κ2) is 9.68. The molecule has 1 amide bonds. The fourth-order valence-electron chi connectivity index (χ4n) is 2.32. The van der Waals surface area contributed by atoms with Crippen molar-refractivity contribution in [1.29, 1.82) is 0 Å². The lowest BCUT2D eigenvalue weighted by Gasteiger charge is -2.21. The standard InChI is InChI=1S/C18H27N5OS2/c1-5-19-17(22-11-18(3,4)14-7-6-10-25-14)21-9-8-20-16(24)15-13(2)23-12-26-15/h6-7,10,12H,5,8-9,11H2,1-4H3,(H,20,24)(H2,19,21,22). The van der Waals surface area contributed by atoms with Gasteiger partial charge in [-0.05, 0) is 25.3 Å². The molecular formula is C18H27N5OS2. The normalized spacial score (nSPS) is 12.1. The number of thiazole rings is 1. The summed E-state index contributed by atoms with van der Waals surface area (Å²) in [5, 5.41) is 11.5. The zero-order valence-electron chi connectivity index (χ0n) is 15.8. The van der Waals surface area contributed by atoms with Crippen molar-refractivity contribution in [3.63, 3.8) is 0 Å². The van der Waals surface area contributed by atoms with E-state index in [-0.39, 0.29) is 11.3 Å². The van der Waals surface area contributed by atoms with Gasteiger partial charge in [0.1, 0.15) is 4.88 Å². The number of nitrogens with zero attached hydrogens (tertiary/aromatic N) is 2. The van der Waals surface area contributed by atoms with Crippen LogP contribution in [0.4, 0.5) is 0 Å². The molecule has 0 radical (unpaired) electrons. The maximum atomic E-state index is 12.1. The molecule has 0 atom stereocenters. The van der Waals surface area contributed by atoms with Crippen LogP contribution in [0.3, 0.4) is 0 Å².